The van der Waals surface area contributed by atoms with Gasteiger partial charge in [-0.05, 0) is 29.6 Å². The zero-order chi connectivity index (χ0) is 19.3. The number of hydrogen-bond donors (Lipinski definition) is 0. The Kier molecular flexibility index (Phi) is 3.94. The van der Waals surface area contributed by atoms with Gasteiger partial charge in [-0.25, -0.2) is 5.01 Å². The van der Waals surface area contributed by atoms with Gasteiger partial charge >= 0.3 is 6.18 Å². The summed E-state index contributed by atoms with van der Waals surface area (Å²) in [5.74, 6) is 0.689. The van der Waals surface area contributed by atoms with Crippen LogP contribution in [-0.4, -0.2) is 10.7 Å². The largest absolute Gasteiger partial charge is 0.464 e. The first-order valence-electron chi connectivity index (χ1n) is 8.83. The van der Waals surface area contributed by atoms with Crippen LogP contribution in [0.4, 0.5) is 13.2 Å². The summed E-state index contributed by atoms with van der Waals surface area (Å²) in [6.07, 6.45) is -4.42. The Bertz CT molecular complexity index is 1050. The minimum Gasteiger partial charge on any atom is -0.464 e. The quantitative estimate of drug-likeness (QED) is 0.526. The Morgan fingerprint density at radius 2 is 1.89 bits per heavy atom. The van der Waals surface area contributed by atoms with E-state index in [1.165, 1.54) is 6.07 Å². The van der Waals surface area contributed by atoms with E-state index in [0.29, 0.717) is 17.7 Å². The van der Waals surface area contributed by atoms with Gasteiger partial charge in [0.1, 0.15) is 5.75 Å². The van der Waals surface area contributed by atoms with Crippen LogP contribution < -0.4 is 4.74 Å². The molecule has 2 atom stereocenters. The Morgan fingerprint density at radius 3 is 2.68 bits per heavy atom. The second-order valence-corrected chi connectivity index (χ2v) is 7.70. The third-order valence-electron chi connectivity index (χ3n) is 5.00. The average molecular weight is 400 g/mol. The van der Waals surface area contributed by atoms with Crippen LogP contribution in [0.3, 0.4) is 0 Å². The van der Waals surface area contributed by atoms with E-state index in [0.717, 1.165) is 28.3 Å². The molecule has 142 valence electrons. The molecule has 0 aliphatic carbocycles. The van der Waals surface area contributed by atoms with Gasteiger partial charge in [-0.15, -0.1) is 11.3 Å². The van der Waals surface area contributed by atoms with Crippen molar-refractivity contribution in [2.75, 3.05) is 0 Å². The van der Waals surface area contributed by atoms with Crippen molar-refractivity contribution in [3.63, 3.8) is 0 Å². The highest BCUT2D eigenvalue weighted by molar-refractivity contribution is 7.12. The van der Waals surface area contributed by atoms with Gasteiger partial charge in [0.05, 0.1) is 22.2 Å². The fourth-order valence-corrected chi connectivity index (χ4v) is 4.44. The lowest BCUT2D eigenvalue weighted by atomic mass is 9.97. The van der Waals surface area contributed by atoms with Crippen molar-refractivity contribution >= 4 is 17.0 Å². The first-order valence-corrected chi connectivity index (χ1v) is 9.71. The zero-order valence-electron chi connectivity index (χ0n) is 14.6. The van der Waals surface area contributed by atoms with Crippen LogP contribution in [0.25, 0.3) is 0 Å². The minimum absolute atomic E-state index is 0.0680. The number of nitrogens with zero attached hydrogens (tertiary/aromatic N) is 2. The van der Waals surface area contributed by atoms with Gasteiger partial charge in [0.25, 0.3) is 0 Å². The number of hydrogen-bond acceptors (Lipinski definition) is 4. The molecule has 0 bridgehead atoms. The molecule has 0 spiro atoms. The van der Waals surface area contributed by atoms with Crippen LogP contribution in [0.5, 0.6) is 5.75 Å². The Labute approximate surface area is 163 Å². The lowest BCUT2D eigenvalue weighted by Gasteiger charge is -2.38. The van der Waals surface area contributed by atoms with E-state index < -0.39 is 18.0 Å². The van der Waals surface area contributed by atoms with Crippen LogP contribution in [0, 0.1) is 0 Å². The maximum absolute atomic E-state index is 13.2. The number of fused-ring (bicyclic) bond motifs is 3. The van der Waals surface area contributed by atoms with Gasteiger partial charge < -0.3 is 4.74 Å². The van der Waals surface area contributed by atoms with Crippen molar-refractivity contribution in [1.82, 2.24) is 5.01 Å². The number of thiophene rings is 1. The SMILES string of the molecule is FC(F)(F)c1cccc([C@@H]2Oc3ccccc3[C@H]3CC(c4cccs4)=NN32)c1. The minimum atomic E-state index is -4.40. The normalized spacial score (nSPS) is 21.0. The van der Waals surface area contributed by atoms with Gasteiger partial charge in [0.15, 0.2) is 0 Å². The summed E-state index contributed by atoms with van der Waals surface area (Å²) < 4.78 is 45.7. The van der Waals surface area contributed by atoms with Gasteiger partial charge in [0.2, 0.25) is 6.23 Å². The molecule has 0 unspecified atom stereocenters. The molecule has 1 aromatic heterocycles. The highest BCUT2D eigenvalue weighted by Gasteiger charge is 2.41. The molecule has 7 heteroatoms. The first-order chi connectivity index (χ1) is 13.5. The van der Waals surface area contributed by atoms with E-state index in [9.17, 15) is 13.2 Å². The molecule has 5 rings (SSSR count). The smallest absolute Gasteiger partial charge is 0.416 e. The van der Waals surface area contributed by atoms with Crippen LogP contribution in [0.1, 0.15) is 40.3 Å². The second-order valence-electron chi connectivity index (χ2n) is 6.76. The van der Waals surface area contributed by atoms with Crippen molar-refractivity contribution in [2.45, 2.75) is 24.9 Å². The van der Waals surface area contributed by atoms with E-state index in [4.69, 9.17) is 9.84 Å². The van der Waals surface area contributed by atoms with E-state index in [1.807, 2.05) is 41.8 Å². The number of para-hydroxylation sites is 1. The van der Waals surface area contributed by atoms with Crippen LogP contribution in [0.15, 0.2) is 71.1 Å². The molecule has 3 nitrogen and oxygen atoms in total. The molecule has 2 aromatic carbocycles. The van der Waals surface area contributed by atoms with E-state index in [1.54, 1.807) is 22.4 Å². The fourth-order valence-electron chi connectivity index (χ4n) is 3.71. The van der Waals surface area contributed by atoms with Gasteiger partial charge in [0, 0.05) is 17.5 Å². The molecule has 0 amide bonds. The summed E-state index contributed by atoms with van der Waals surface area (Å²) in [6.45, 7) is 0. The molecular formula is C21H15F3N2OS. The second kappa shape index (κ2) is 6.38. The molecule has 0 N–H and O–H groups in total. The number of ether oxygens (including phenoxy) is 1. The highest BCUT2D eigenvalue weighted by Crippen LogP contribution is 2.48. The molecular weight excluding hydrogens is 385 g/mol. The maximum atomic E-state index is 13.2. The van der Waals surface area contributed by atoms with E-state index in [2.05, 4.69) is 0 Å². The van der Waals surface area contributed by atoms with Gasteiger partial charge in [-0.3, -0.25) is 0 Å². The van der Waals surface area contributed by atoms with Gasteiger partial charge in [-0.2, -0.15) is 18.3 Å². The molecule has 3 aromatic rings. The average Bonchev–Trinajstić information content (AvgIpc) is 3.36. The number of halogens is 3. The summed E-state index contributed by atoms with van der Waals surface area (Å²) in [7, 11) is 0. The Morgan fingerprint density at radius 1 is 1.04 bits per heavy atom. The van der Waals surface area contributed by atoms with Crippen LogP contribution in [0.2, 0.25) is 0 Å². The van der Waals surface area contributed by atoms with Gasteiger partial charge in [-0.1, -0.05) is 36.4 Å². The topological polar surface area (TPSA) is 24.8 Å². The third kappa shape index (κ3) is 2.86. The lowest BCUT2D eigenvalue weighted by Crippen LogP contribution is -2.33. The summed E-state index contributed by atoms with van der Waals surface area (Å²) in [5, 5.41) is 8.54. The summed E-state index contributed by atoms with van der Waals surface area (Å²) in [4.78, 5) is 1.06. The van der Waals surface area contributed by atoms with E-state index in [-0.39, 0.29) is 6.04 Å². The molecule has 28 heavy (non-hydrogen) atoms. The standard InChI is InChI=1S/C21H15F3N2OS/c22-21(23,24)14-6-3-5-13(11-14)20-26-17(15-7-1-2-8-18(15)27-20)12-16(25-26)19-9-4-10-28-19/h1-11,17,20H,12H2/t17-,20+/m1/s1. The fraction of sp³-hybridized carbons (Fsp3) is 0.190. The zero-order valence-corrected chi connectivity index (χ0v) is 15.4. The number of hydrazone groups is 1. The molecule has 0 radical (unpaired) electrons. The number of rotatable bonds is 2. The van der Waals surface area contributed by atoms with Crippen molar-refractivity contribution in [3.8, 4) is 5.75 Å². The molecule has 2 aliphatic heterocycles. The van der Waals surface area contributed by atoms with Crippen LogP contribution >= 0.6 is 11.3 Å². The summed E-state index contributed by atoms with van der Waals surface area (Å²) >= 11 is 1.60. The molecule has 0 saturated heterocycles. The van der Waals surface area contributed by atoms with E-state index >= 15 is 0 Å². The molecule has 2 aliphatic rings. The van der Waals surface area contributed by atoms with Crippen molar-refractivity contribution < 1.29 is 17.9 Å². The van der Waals surface area contributed by atoms with Crippen LogP contribution in [-0.2, 0) is 6.18 Å². The first kappa shape index (κ1) is 17.3. The number of benzene rings is 2. The number of alkyl halides is 3. The predicted octanol–water partition coefficient (Wildman–Crippen LogP) is 6.01. The Balaban J connectivity index is 1.60. The summed E-state index contributed by atoms with van der Waals surface area (Å²) in [6, 6.07) is 16.8. The summed E-state index contributed by atoms with van der Waals surface area (Å²) in [5.41, 5.74) is 1.68. The van der Waals surface area contributed by atoms with Crippen molar-refractivity contribution in [3.05, 3.63) is 87.6 Å². The molecule has 0 saturated carbocycles. The molecule has 0 fully saturated rings. The monoisotopic (exact) mass is 400 g/mol. The van der Waals surface area contributed by atoms with Crippen molar-refractivity contribution in [2.24, 2.45) is 5.10 Å². The Hall–Kier alpha value is -2.80. The highest BCUT2D eigenvalue weighted by atomic mass is 32.1. The molecule has 3 heterocycles. The lowest BCUT2D eigenvalue weighted by molar-refractivity contribution is -0.137. The maximum Gasteiger partial charge on any atom is 0.416 e. The van der Waals surface area contributed by atoms with Crippen molar-refractivity contribution in [1.29, 1.82) is 0 Å². The third-order valence-corrected chi connectivity index (χ3v) is 5.92. The predicted molar refractivity (Wildman–Crippen MR) is 101 cm³/mol.